The normalized spacial score (nSPS) is 12.2. The maximum Gasteiger partial charge on any atom is 0.233 e. The molecule has 0 aliphatic carbocycles. The van der Waals surface area contributed by atoms with Crippen molar-refractivity contribution in [1.29, 1.82) is 0 Å². The summed E-state index contributed by atoms with van der Waals surface area (Å²) in [5, 5.41) is 15.3. The number of benzene rings is 1. The number of carbonyl (C=O) groups is 1. The van der Waals surface area contributed by atoms with Crippen LogP contribution < -0.4 is 10.6 Å². The van der Waals surface area contributed by atoms with Gasteiger partial charge in [-0.2, -0.15) is 0 Å². The zero-order valence-corrected chi connectivity index (χ0v) is 10.8. The van der Waals surface area contributed by atoms with Crippen molar-refractivity contribution in [3.8, 4) is 5.75 Å². The molecule has 0 fully saturated rings. The molecule has 0 heterocycles. The van der Waals surface area contributed by atoms with Gasteiger partial charge in [-0.15, -0.1) is 0 Å². The molecule has 4 nitrogen and oxygen atoms in total. The zero-order chi connectivity index (χ0) is 12.1. The molecule has 0 saturated carbocycles. The number of aromatic hydroxyl groups is 1. The van der Waals surface area contributed by atoms with Crippen molar-refractivity contribution < 1.29 is 9.90 Å². The summed E-state index contributed by atoms with van der Waals surface area (Å²) in [5.41, 5.74) is 0.770. The fourth-order valence-corrected chi connectivity index (χ4v) is 1.68. The smallest absolute Gasteiger partial charge is 0.233 e. The molecule has 0 saturated heterocycles. The molecule has 16 heavy (non-hydrogen) atoms. The fourth-order valence-electron chi connectivity index (χ4n) is 1.33. The van der Waals surface area contributed by atoms with E-state index in [1.165, 1.54) is 0 Å². The highest BCUT2D eigenvalue weighted by atomic mass is 79.9. The molecule has 0 aromatic heterocycles. The van der Waals surface area contributed by atoms with E-state index < -0.39 is 0 Å². The van der Waals surface area contributed by atoms with Crippen LogP contribution in [0.25, 0.3) is 0 Å². The van der Waals surface area contributed by atoms with Crippen molar-refractivity contribution >= 4 is 21.8 Å². The van der Waals surface area contributed by atoms with E-state index in [4.69, 9.17) is 0 Å². The summed E-state index contributed by atoms with van der Waals surface area (Å²) in [4.78, 5) is 11.0. The predicted octanol–water partition coefficient (Wildman–Crippen LogP) is 1.55. The van der Waals surface area contributed by atoms with Crippen LogP contribution in [0.3, 0.4) is 0 Å². The van der Waals surface area contributed by atoms with Gasteiger partial charge in [0.05, 0.1) is 6.54 Å². The number of likely N-dealkylation sites (N-methyl/N-ethyl adjacent to an activating group) is 1. The van der Waals surface area contributed by atoms with E-state index in [-0.39, 0.29) is 24.2 Å². The minimum Gasteiger partial charge on any atom is -0.508 e. The van der Waals surface area contributed by atoms with Gasteiger partial charge in [-0.3, -0.25) is 4.79 Å². The van der Waals surface area contributed by atoms with Gasteiger partial charge < -0.3 is 15.7 Å². The lowest BCUT2D eigenvalue weighted by atomic mass is 10.1. The molecule has 0 aliphatic rings. The van der Waals surface area contributed by atoms with Crippen LogP contribution in [0.4, 0.5) is 0 Å². The second kappa shape index (κ2) is 5.86. The molecule has 1 atom stereocenters. The van der Waals surface area contributed by atoms with Crippen molar-refractivity contribution in [2.24, 2.45) is 0 Å². The van der Waals surface area contributed by atoms with Crippen LogP contribution in [0.1, 0.15) is 18.5 Å². The predicted molar refractivity (Wildman–Crippen MR) is 66.3 cm³/mol. The Bertz CT molecular complexity index is 382. The average Bonchev–Trinajstić information content (AvgIpc) is 2.25. The molecule has 1 unspecified atom stereocenters. The number of rotatable bonds is 4. The van der Waals surface area contributed by atoms with E-state index in [2.05, 4.69) is 26.6 Å². The number of hydrogen-bond acceptors (Lipinski definition) is 3. The van der Waals surface area contributed by atoms with Crippen LogP contribution >= 0.6 is 15.9 Å². The highest BCUT2D eigenvalue weighted by molar-refractivity contribution is 9.10. The summed E-state index contributed by atoms with van der Waals surface area (Å²) < 4.78 is 0.826. The van der Waals surface area contributed by atoms with Gasteiger partial charge in [-0.25, -0.2) is 0 Å². The quantitative estimate of drug-likeness (QED) is 0.787. The molecule has 0 radical (unpaired) electrons. The Morgan fingerprint density at radius 3 is 2.81 bits per heavy atom. The molecule has 1 aromatic carbocycles. The Balaban J connectivity index is 2.65. The summed E-state index contributed by atoms with van der Waals surface area (Å²) in [6.07, 6.45) is 0. The van der Waals surface area contributed by atoms with E-state index in [9.17, 15) is 9.90 Å². The minimum atomic E-state index is -0.0801. The summed E-state index contributed by atoms with van der Waals surface area (Å²) in [5.74, 6) is 0.134. The Morgan fingerprint density at radius 2 is 2.25 bits per heavy atom. The van der Waals surface area contributed by atoms with Crippen molar-refractivity contribution in [3.05, 3.63) is 28.2 Å². The molecule has 1 aromatic rings. The number of amides is 1. The van der Waals surface area contributed by atoms with Crippen molar-refractivity contribution in [3.63, 3.8) is 0 Å². The fraction of sp³-hybridized carbons (Fsp3) is 0.364. The van der Waals surface area contributed by atoms with Crippen LogP contribution in [0, 0.1) is 0 Å². The maximum absolute atomic E-state index is 11.0. The Hall–Kier alpha value is -1.07. The Kier molecular flexibility index (Phi) is 4.76. The summed E-state index contributed by atoms with van der Waals surface area (Å²) in [6.45, 7) is 2.12. The second-order valence-electron chi connectivity index (χ2n) is 3.48. The highest BCUT2D eigenvalue weighted by Crippen LogP contribution is 2.27. The zero-order valence-electron chi connectivity index (χ0n) is 9.25. The van der Waals surface area contributed by atoms with Gasteiger partial charge in [-0.05, 0) is 19.1 Å². The molecular formula is C11H15BrN2O2. The lowest BCUT2D eigenvalue weighted by molar-refractivity contribution is -0.119. The van der Waals surface area contributed by atoms with E-state index in [1.54, 1.807) is 13.1 Å². The lowest BCUT2D eigenvalue weighted by Gasteiger charge is -2.15. The standard InChI is InChI=1S/C11H15BrN2O2/c1-7(14-6-11(16)13-2)9-4-3-8(12)5-10(9)15/h3-5,7,14-15H,6H2,1-2H3,(H,13,16). The molecule has 1 rings (SSSR count). The molecule has 88 valence electrons. The van der Waals surface area contributed by atoms with E-state index in [1.807, 2.05) is 19.1 Å². The summed E-state index contributed by atoms with van der Waals surface area (Å²) >= 11 is 3.27. The third-order valence-corrected chi connectivity index (χ3v) is 2.80. The molecule has 0 spiro atoms. The van der Waals surface area contributed by atoms with Crippen molar-refractivity contribution in [2.75, 3.05) is 13.6 Å². The maximum atomic E-state index is 11.0. The van der Waals surface area contributed by atoms with Gasteiger partial charge in [0.25, 0.3) is 0 Å². The molecule has 3 N–H and O–H groups in total. The monoisotopic (exact) mass is 286 g/mol. The number of carbonyl (C=O) groups excluding carboxylic acids is 1. The van der Waals surface area contributed by atoms with E-state index >= 15 is 0 Å². The SMILES string of the molecule is CNC(=O)CNC(C)c1ccc(Br)cc1O. The number of hydrogen-bond donors (Lipinski definition) is 3. The van der Waals surface area contributed by atoms with Crippen LogP contribution in [0.2, 0.25) is 0 Å². The van der Waals surface area contributed by atoms with Gasteiger partial charge >= 0.3 is 0 Å². The summed E-state index contributed by atoms with van der Waals surface area (Å²) in [6, 6.07) is 5.23. The van der Waals surface area contributed by atoms with Crippen LogP contribution in [-0.2, 0) is 4.79 Å². The molecule has 1 amide bonds. The topological polar surface area (TPSA) is 61.4 Å². The largest absolute Gasteiger partial charge is 0.508 e. The molecular weight excluding hydrogens is 272 g/mol. The van der Waals surface area contributed by atoms with Crippen molar-refractivity contribution in [2.45, 2.75) is 13.0 Å². The number of phenols is 1. The van der Waals surface area contributed by atoms with E-state index in [0.717, 1.165) is 10.0 Å². The number of nitrogens with one attached hydrogen (secondary N) is 2. The number of halogens is 1. The first-order valence-electron chi connectivity index (χ1n) is 4.97. The van der Waals surface area contributed by atoms with Crippen LogP contribution in [0.5, 0.6) is 5.75 Å². The van der Waals surface area contributed by atoms with Crippen molar-refractivity contribution in [1.82, 2.24) is 10.6 Å². The lowest BCUT2D eigenvalue weighted by Crippen LogP contribution is -2.32. The first kappa shape index (κ1) is 13.0. The first-order valence-corrected chi connectivity index (χ1v) is 5.76. The van der Waals surface area contributed by atoms with Gasteiger partial charge in [0.15, 0.2) is 0 Å². The van der Waals surface area contributed by atoms with Crippen LogP contribution in [0.15, 0.2) is 22.7 Å². The Morgan fingerprint density at radius 1 is 1.56 bits per heavy atom. The third-order valence-electron chi connectivity index (χ3n) is 2.31. The second-order valence-corrected chi connectivity index (χ2v) is 4.39. The first-order chi connectivity index (χ1) is 7.54. The molecule has 0 bridgehead atoms. The molecule has 0 aliphatic heterocycles. The summed E-state index contributed by atoms with van der Waals surface area (Å²) in [7, 11) is 1.59. The van der Waals surface area contributed by atoms with E-state index in [0.29, 0.717) is 0 Å². The Labute approximate surface area is 103 Å². The van der Waals surface area contributed by atoms with Gasteiger partial charge in [0, 0.05) is 23.1 Å². The highest BCUT2D eigenvalue weighted by Gasteiger charge is 2.11. The van der Waals surface area contributed by atoms with Gasteiger partial charge in [-0.1, -0.05) is 22.0 Å². The minimum absolute atomic E-state index is 0.0783. The molecule has 5 heteroatoms. The third kappa shape index (κ3) is 3.50. The van der Waals surface area contributed by atoms with Gasteiger partial charge in [0.2, 0.25) is 5.91 Å². The average molecular weight is 287 g/mol. The van der Waals surface area contributed by atoms with Crippen LogP contribution in [-0.4, -0.2) is 24.6 Å². The number of phenolic OH excluding ortho intramolecular Hbond substituents is 1. The van der Waals surface area contributed by atoms with Gasteiger partial charge in [0.1, 0.15) is 5.75 Å².